The zero-order valence-electron chi connectivity index (χ0n) is 15.2. The molecule has 1 N–H and O–H groups in total. The lowest BCUT2D eigenvalue weighted by Crippen LogP contribution is -2.38. The van der Waals surface area contributed by atoms with Gasteiger partial charge in [-0.2, -0.15) is 0 Å². The molecule has 1 aliphatic heterocycles. The lowest BCUT2D eigenvalue weighted by molar-refractivity contribution is -0.117. The number of hydrogen-bond donors (Lipinski definition) is 1. The predicted octanol–water partition coefficient (Wildman–Crippen LogP) is 5.08. The van der Waals surface area contributed by atoms with E-state index in [9.17, 15) is 4.79 Å². The van der Waals surface area contributed by atoms with Crippen LogP contribution in [0.2, 0.25) is 5.02 Å². The quantitative estimate of drug-likeness (QED) is 0.665. The first-order chi connectivity index (χ1) is 13.1. The van der Waals surface area contributed by atoms with Crippen LogP contribution in [0.5, 0.6) is 0 Å². The van der Waals surface area contributed by atoms with E-state index in [0.717, 1.165) is 42.7 Å². The third-order valence-corrected chi connectivity index (χ3v) is 6.52. The SMILES string of the molecule is Cc1ccc(Cl)cc1NC(=O)CN1CCC(c2nc3ccccc3s2)CC1. The number of amides is 1. The monoisotopic (exact) mass is 399 g/mol. The first-order valence-electron chi connectivity index (χ1n) is 9.22. The number of carbonyl (C=O) groups excluding carboxylic acids is 1. The molecule has 27 heavy (non-hydrogen) atoms. The number of carbonyl (C=O) groups is 1. The highest BCUT2D eigenvalue weighted by Gasteiger charge is 2.24. The minimum absolute atomic E-state index is 0.0128. The molecule has 1 saturated heterocycles. The molecule has 140 valence electrons. The number of halogens is 1. The van der Waals surface area contributed by atoms with Gasteiger partial charge in [-0.05, 0) is 62.7 Å². The van der Waals surface area contributed by atoms with Gasteiger partial charge in [0.25, 0.3) is 0 Å². The molecule has 0 spiro atoms. The van der Waals surface area contributed by atoms with Crippen molar-refractivity contribution in [3.8, 4) is 0 Å². The number of nitrogens with zero attached hydrogens (tertiary/aromatic N) is 2. The maximum atomic E-state index is 12.4. The van der Waals surface area contributed by atoms with Crippen LogP contribution in [0.3, 0.4) is 0 Å². The van der Waals surface area contributed by atoms with Gasteiger partial charge in [0.15, 0.2) is 0 Å². The number of likely N-dealkylation sites (tertiary alicyclic amines) is 1. The second kappa shape index (κ2) is 7.97. The Labute approximate surface area is 168 Å². The van der Waals surface area contributed by atoms with Gasteiger partial charge in [-0.25, -0.2) is 4.98 Å². The lowest BCUT2D eigenvalue weighted by atomic mass is 9.97. The molecule has 2 heterocycles. The van der Waals surface area contributed by atoms with Crippen molar-refractivity contribution in [3.05, 3.63) is 58.1 Å². The van der Waals surface area contributed by atoms with Crippen molar-refractivity contribution in [3.63, 3.8) is 0 Å². The van der Waals surface area contributed by atoms with E-state index in [1.165, 1.54) is 9.71 Å². The number of para-hydroxylation sites is 1. The van der Waals surface area contributed by atoms with Gasteiger partial charge in [0, 0.05) is 16.6 Å². The highest BCUT2D eigenvalue weighted by Crippen LogP contribution is 2.33. The van der Waals surface area contributed by atoms with E-state index >= 15 is 0 Å². The molecule has 0 aliphatic carbocycles. The van der Waals surface area contributed by atoms with Crippen LogP contribution >= 0.6 is 22.9 Å². The fourth-order valence-corrected chi connectivity index (χ4v) is 4.83. The van der Waals surface area contributed by atoms with Crippen LogP contribution in [0.4, 0.5) is 5.69 Å². The minimum atomic E-state index is 0.0128. The molecule has 0 unspecified atom stereocenters. The van der Waals surface area contributed by atoms with E-state index in [2.05, 4.69) is 28.4 Å². The molecule has 0 atom stereocenters. The van der Waals surface area contributed by atoms with Crippen LogP contribution in [0, 0.1) is 6.92 Å². The van der Waals surface area contributed by atoms with Crippen molar-refractivity contribution in [2.24, 2.45) is 0 Å². The molecule has 1 amide bonds. The third-order valence-electron chi connectivity index (χ3n) is 5.09. The second-order valence-corrected chi connectivity index (χ2v) is 8.58. The summed E-state index contributed by atoms with van der Waals surface area (Å²) in [4.78, 5) is 19.4. The molecule has 3 aromatic rings. The number of aryl methyl sites for hydroxylation is 1. The maximum absolute atomic E-state index is 12.4. The van der Waals surface area contributed by atoms with Crippen LogP contribution < -0.4 is 5.32 Å². The first-order valence-corrected chi connectivity index (χ1v) is 10.4. The Hall–Kier alpha value is -1.95. The summed E-state index contributed by atoms with van der Waals surface area (Å²) in [7, 11) is 0. The largest absolute Gasteiger partial charge is 0.325 e. The number of piperidine rings is 1. The maximum Gasteiger partial charge on any atom is 0.238 e. The van der Waals surface area contributed by atoms with Crippen LogP contribution in [0.25, 0.3) is 10.2 Å². The van der Waals surface area contributed by atoms with Crippen LogP contribution in [-0.4, -0.2) is 35.4 Å². The van der Waals surface area contributed by atoms with E-state index < -0.39 is 0 Å². The van der Waals surface area contributed by atoms with Crippen molar-refractivity contribution in [2.75, 3.05) is 25.0 Å². The molecule has 4 nitrogen and oxygen atoms in total. The number of benzene rings is 2. The summed E-state index contributed by atoms with van der Waals surface area (Å²) in [5, 5.41) is 4.85. The highest BCUT2D eigenvalue weighted by molar-refractivity contribution is 7.18. The van der Waals surface area contributed by atoms with E-state index in [1.807, 2.05) is 25.1 Å². The van der Waals surface area contributed by atoms with Crippen LogP contribution in [-0.2, 0) is 4.79 Å². The van der Waals surface area contributed by atoms with E-state index in [-0.39, 0.29) is 5.91 Å². The molecule has 0 radical (unpaired) electrons. The molecule has 4 rings (SSSR count). The Morgan fingerprint density at radius 1 is 1.26 bits per heavy atom. The standard InChI is InChI=1S/C21H22ClN3OS/c1-14-6-7-16(22)12-18(14)23-20(26)13-25-10-8-15(9-11-25)21-24-17-4-2-3-5-19(17)27-21/h2-7,12,15H,8-11,13H2,1H3,(H,23,26). The van der Waals surface area contributed by atoms with Crippen molar-refractivity contribution in [1.29, 1.82) is 0 Å². The van der Waals surface area contributed by atoms with Crippen molar-refractivity contribution in [2.45, 2.75) is 25.7 Å². The van der Waals surface area contributed by atoms with Gasteiger partial charge in [0.2, 0.25) is 5.91 Å². The number of fused-ring (bicyclic) bond motifs is 1. The fraction of sp³-hybridized carbons (Fsp3) is 0.333. The van der Waals surface area contributed by atoms with Gasteiger partial charge < -0.3 is 5.32 Å². The van der Waals surface area contributed by atoms with Gasteiger partial charge in [-0.3, -0.25) is 9.69 Å². The Morgan fingerprint density at radius 3 is 2.81 bits per heavy atom. The normalized spacial score (nSPS) is 15.9. The number of hydrogen-bond acceptors (Lipinski definition) is 4. The summed E-state index contributed by atoms with van der Waals surface area (Å²) >= 11 is 7.83. The minimum Gasteiger partial charge on any atom is -0.325 e. The Morgan fingerprint density at radius 2 is 2.04 bits per heavy atom. The molecule has 6 heteroatoms. The number of thiazole rings is 1. The number of nitrogens with one attached hydrogen (secondary N) is 1. The average molecular weight is 400 g/mol. The number of rotatable bonds is 4. The third kappa shape index (κ3) is 4.32. The lowest BCUT2D eigenvalue weighted by Gasteiger charge is -2.30. The van der Waals surface area contributed by atoms with Gasteiger partial charge in [0.1, 0.15) is 0 Å². The average Bonchev–Trinajstić information content (AvgIpc) is 3.09. The van der Waals surface area contributed by atoms with Crippen LogP contribution in [0.15, 0.2) is 42.5 Å². The van der Waals surface area contributed by atoms with Gasteiger partial charge in [-0.1, -0.05) is 29.8 Å². The molecule has 0 bridgehead atoms. The summed E-state index contributed by atoms with van der Waals surface area (Å²) in [6.07, 6.45) is 2.09. The zero-order chi connectivity index (χ0) is 18.8. The smallest absolute Gasteiger partial charge is 0.238 e. The Bertz CT molecular complexity index is 930. The Kier molecular flexibility index (Phi) is 5.43. The molecule has 0 saturated carbocycles. The summed E-state index contributed by atoms with van der Waals surface area (Å²) in [6.45, 7) is 4.22. The molecule has 1 fully saturated rings. The summed E-state index contributed by atoms with van der Waals surface area (Å²) in [6, 6.07) is 13.9. The number of anilines is 1. The molecular weight excluding hydrogens is 378 g/mol. The highest BCUT2D eigenvalue weighted by atomic mass is 35.5. The van der Waals surface area contributed by atoms with Gasteiger partial charge in [-0.15, -0.1) is 11.3 Å². The van der Waals surface area contributed by atoms with Crippen LogP contribution in [0.1, 0.15) is 29.3 Å². The van der Waals surface area contributed by atoms with E-state index in [0.29, 0.717) is 17.5 Å². The fourth-order valence-electron chi connectivity index (χ4n) is 3.52. The topological polar surface area (TPSA) is 45.2 Å². The zero-order valence-corrected chi connectivity index (χ0v) is 16.8. The van der Waals surface area contributed by atoms with Crippen molar-refractivity contribution < 1.29 is 4.79 Å². The molecule has 1 aliphatic rings. The summed E-state index contributed by atoms with van der Waals surface area (Å²) in [5.74, 6) is 0.510. The van der Waals surface area contributed by atoms with Crippen molar-refractivity contribution in [1.82, 2.24) is 9.88 Å². The van der Waals surface area contributed by atoms with Gasteiger partial charge >= 0.3 is 0 Å². The molecule has 1 aromatic heterocycles. The molecule has 2 aromatic carbocycles. The number of aromatic nitrogens is 1. The summed E-state index contributed by atoms with van der Waals surface area (Å²) < 4.78 is 1.26. The summed E-state index contributed by atoms with van der Waals surface area (Å²) in [5.41, 5.74) is 2.90. The molecular formula is C21H22ClN3OS. The van der Waals surface area contributed by atoms with Crippen molar-refractivity contribution >= 4 is 44.7 Å². The van der Waals surface area contributed by atoms with Gasteiger partial charge in [0.05, 0.1) is 21.8 Å². The second-order valence-electron chi connectivity index (χ2n) is 7.08. The van der Waals surface area contributed by atoms with E-state index in [1.54, 1.807) is 17.4 Å². The van der Waals surface area contributed by atoms with E-state index in [4.69, 9.17) is 16.6 Å². The predicted molar refractivity (Wildman–Crippen MR) is 113 cm³/mol. The Balaban J connectivity index is 1.32. The first kappa shape index (κ1) is 18.4.